The fourth-order valence-corrected chi connectivity index (χ4v) is 5.61. The topological polar surface area (TPSA) is 80.5 Å². The third-order valence-corrected chi connectivity index (χ3v) is 7.72. The molecule has 0 atom stereocenters. The van der Waals surface area contributed by atoms with E-state index in [2.05, 4.69) is 20.2 Å². The molecule has 1 N–H and O–H groups in total. The fraction of sp³-hybridized carbons (Fsp3) is 0.708. The largest absolute Gasteiger partial charge is 0.464 e. The van der Waals surface area contributed by atoms with Crippen LogP contribution >= 0.6 is 11.3 Å². The molecule has 0 spiro atoms. The van der Waals surface area contributed by atoms with Crippen LogP contribution in [0.4, 0.5) is 13.2 Å². The smallest absolute Gasteiger partial charge is 0.278 e. The van der Waals surface area contributed by atoms with Crippen molar-refractivity contribution in [2.75, 3.05) is 26.2 Å². The Morgan fingerprint density at radius 2 is 2.09 bits per heavy atom. The average molecular weight is 515 g/mol. The summed E-state index contributed by atoms with van der Waals surface area (Å²) in [5.41, 5.74) is -0.316. The molecule has 2 aromatic rings. The summed E-state index contributed by atoms with van der Waals surface area (Å²) in [5.74, 6) is -1.95. The minimum atomic E-state index is -2.89. The van der Waals surface area contributed by atoms with Crippen molar-refractivity contribution in [1.82, 2.24) is 20.2 Å². The number of nitrogens with one attached hydrogen (secondary N) is 1. The zero-order valence-electron chi connectivity index (χ0n) is 20.2. The number of carbonyl (C=O) groups is 1. The Kier molecular flexibility index (Phi) is 8.05. The second kappa shape index (κ2) is 10.9. The Labute approximate surface area is 207 Å². The monoisotopic (exact) mass is 514 g/mol. The maximum atomic E-state index is 15.5. The first-order valence-corrected chi connectivity index (χ1v) is 13.0. The van der Waals surface area contributed by atoms with Gasteiger partial charge in [0.1, 0.15) is 11.4 Å². The van der Waals surface area contributed by atoms with Crippen molar-refractivity contribution in [2.24, 2.45) is 0 Å². The molecular formula is C24H33F3N4O3S. The number of ether oxygens (including phenoxy) is 1. The maximum Gasteiger partial charge on any atom is 0.278 e. The number of aromatic nitrogens is 2. The van der Waals surface area contributed by atoms with E-state index < -0.39 is 18.2 Å². The van der Waals surface area contributed by atoms with Crippen LogP contribution in [-0.2, 0) is 24.1 Å². The van der Waals surface area contributed by atoms with E-state index in [0.29, 0.717) is 61.9 Å². The molecule has 3 heterocycles. The molecule has 1 amide bonds. The molecule has 194 valence electrons. The predicted octanol–water partition coefficient (Wildman–Crippen LogP) is 4.27. The van der Waals surface area contributed by atoms with Gasteiger partial charge in [-0.25, -0.2) is 23.1 Å². The van der Waals surface area contributed by atoms with Crippen molar-refractivity contribution >= 4 is 17.2 Å². The lowest BCUT2D eigenvalue weighted by Gasteiger charge is -2.35. The number of aryl methyl sites for hydroxylation is 1. The van der Waals surface area contributed by atoms with Gasteiger partial charge < -0.3 is 19.4 Å². The van der Waals surface area contributed by atoms with Gasteiger partial charge in [-0.05, 0) is 38.5 Å². The van der Waals surface area contributed by atoms with Gasteiger partial charge in [0.05, 0.1) is 18.3 Å². The second-order valence-corrected chi connectivity index (χ2v) is 10.9. The number of amides is 1. The molecule has 1 fully saturated rings. The van der Waals surface area contributed by atoms with Gasteiger partial charge in [0.25, 0.3) is 11.1 Å². The lowest BCUT2D eigenvalue weighted by molar-refractivity contribution is -0.121. The van der Waals surface area contributed by atoms with E-state index >= 15 is 4.39 Å². The van der Waals surface area contributed by atoms with Gasteiger partial charge >= 0.3 is 0 Å². The molecule has 0 unspecified atom stereocenters. The van der Waals surface area contributed by atoms with Crippen LogP contribution in [0.1, 0.15) is 61.2 Å². The first-order chi connectivity index (χ1) is 16.6. The van der Waals surface area contributed by atoms with Crippen LogP contribution < -0.4 is 10.1 Å². The number of hydrogen-bond acceptors (Lipinski definition) is 7. The highest BCUT2D eigenvalue weighted by atomic mass is 32.1. The summed E-state index contributed by atoms with van der Waals surface area (Å²) in [7, 11) is 0. The molecule has 0 bridgehead atoms. The van der Waals surface area contributed by atoms with Crippen LogP contribution in [0.25, 0.3) is 0 Å². The normalized spacial score (nSPS) is 23.5. The van der Waals surface area contributed by atoms with Gasteiger partial charge in [0, 0.05) is 50.8 Å². The lowest BCUT2D eigenvalue weighted by Crippen LogP contribution is -2.43. The van der Waals surface area contributed by atoms with Crippen LogP contribution in [0.15, 0.2) is 10.6 Å². The number of hydrogen-bond donors (Lipinski definition) is 1. The third kappa shape index (κ3) is 7.67. The highest BCUT2D eigenvalue weighted by Crippen LogP contribution is 2.36. The van der Waals surface area contributed by atoms with E-state index in [1.807, 2.05) is 0 Å². The fourth-order valence-electron chi connectivity index (χ4n) is 4.67. The van der Waals surface area contributed by atoms with Crippen molar-refractivity contribution in [3.05, 3.63) is 28.4 Å². The number of alkyl halides is 3. The standard InChI is InChI=1S/C24H33F3N4O3S/c1-16-28-14-18(34-16)13-21(32)29-17-3-7-24(27,8-4-17)9-12-31-10-5-19-20(6-11-31)35-22(30-19)33-15-23(2,25)26/h14,17H,3-13,15H2,1-2H3,(H,29,32). The van der Waals surface area contributed by atoms with Gasteiger partial charge in [-0.1, -0.05) is 11.3 Å². The van der Waals surface area contributed by atoms with Crippen LogP contribution in [0.3, 0.4) is 0 Å². The molecule has 2 aliphatic rings. The van der Waals surface area contributed by atoms with E-state index in [9.17, 15) is 13.6 Å². The molecule has 7 nitrogen and oxygen atoms in total. The van der Waals surface area contributed by atoms with E-state index in [4.69, 9.17) is 9.15 Å². The Morgan fingerprint density at radius 1 is 1.34 bits per heavy atom. The number of halogens is 3. The number of rotatable bonds is 9. The first kappa shape index (κ1) is 25.9. The van der Waals surface area contributed by atoms with Gasteiger partial charge in [0.2, 0.25) is 5.91 Å². The van der Waals surface area contributed by atoms with Gasteiger partial charge in [0.15, 0.2) is 12.5 Å². The summed E-state index contributed by atoms with van der Waals surface area (Å²) >= 11 is 1.33. The Balaban J connectivity index is 1.17. The number of fused-ring (bicyclic) bond motifs is 1. The van der Waals surface area contributed by atoms with Crippen molar-refractivity contribution < 1.29 is 27.1 Å². The summed E-state index contributed by atoms with van der Waals surface area (Å²) in [6, 6.07) is -0.0142. The third-order valence-electron chi connectivity index (χ3n) is 6.65. The van der Waals surface area contributed by atoms with Crippen molar-refractivity contribution in [3.8, 4) is 5.19 Å². The SMILES string of the molecule is Cc1ncc(CC(=O)NC2CCC(F)(CCN3CCc4nc(OCC(C)(F)F)sc4CC3)CC2)o1. The summed E-state index contributed by atoms with van der Waals surface area (Å²) < 4.78 is 52.0. The molecular weight excluding hydrogens is 481 g/mol. The van der Waals surface area contributed by atoms with Gasteiger partial charge in [-0.15, -0.1) is 0 Å². The van der Waals surface area contributed by atoms with Crippen molar-refractivity contribution in [2.45, 2.75) is 82.8 Å². The van der Waals surface area contributed by atoms with E-state index in [0.717, 1.165) is 37.0 Å². The summed E-state index contributed by atoms with van der Waals surface area (Å²) in [5, 5.41) is 3.29. The summed E-state index contributed by atoms with van der Waals surface area (Å²) in [6.07, 6.45) is 5.75. The molecule has 11 heteroatoms. The Bertz CT molecular complexity index is 973. The number of oxazole rings is 1. The van der Waals surface area contributed by atoms with Crippen LogP contribution in [-0.4, -0.2) is 64.6 Å². The van der Waals surface area contributed by atoms with E-state index in [1.54, 1.807) is 13.1 Å². The number of nitrogens with zero attached hydrogens (tertiary/aromatic N) is 3. The maximum absolute atomic E-state index is 15.5. The zero-order chi connectivity index (χ0) is 25.1. The molecule has 0 radical (unpaired) electrons. The van der Waals surface area contributed by atoms with Crippen LogP contribution in [0.2, 0.25) is 0 Å². The predicted molar refractivity (Wildman–Crippen MR) is 126 cm³/mol. The first-order valence-electron chi connectivity index (χ1n) is 12.2. The van der Waals surface area contributed by atoms with Crippen LogP contribution in [0, 0.1) is 6.92 Å². The Morgan fingerprint density at radius 3 is 2.77 bits per heavy atom. The molecule has 1 saturated carbocycles. The van der Waals surface area contributed by atoms with Gasteiger partial charge in [-0.3, -0.25) is 4.79 Å². The quantitative estimate of drug-likeness (QED) is 0.538. The average Bonchev–Trinajstić information content (AvgIpc) is 3.33. The number of carbonyl (C=O) groups excluding carboxylic acids is 1. The minimum absolute atomic E-state index is 0.0142. The van der Waals surface area contributed by atoms with E-state index in [-0.39, 0.29) is 18.4 Å². The molecule has 0 aromatic carbocycles. The Hall–Kier alpha value is -2.14. The molecule has 0 saturated heterocycles. The summed E-state index contributed by atoms with van der Waals surface area (Å²) in [4.78, 5) is 23.9. The van der Waals surface area contributed by atoms with Crippen molar-refractivity contribution in [1.29, 1.82) is 0 Å². The van der Waals surface area contributed by atoms with E-state index in [1.165, 1.54) is 11.3 Å². The summed E-state index contributed by atoms with van der Waals surface area (Å²) in [6.45, 7) is 4.10. The molecule has 35 heavy (non-hydrogen) atoms. The lowest BCUT2D eigenvalue weighted by atomic mass is 9.81. The molecule has 2 aromatic heterocycles. The molecule has 1 aliphatic carbocycles. The second-order valence-electron chi connectivity index (χ2n) is 9.82. The molecule has 4 rings (SSSR count). The zero-order valence-corrected chi connectivity index (χ0v) is 21.1. The number of thiazole rings is 1. The van der Waals surface area contributed by atoms with Gasteiger partial charge in [-0.2, -0.15) is 0 Å². The van der Waals surface area contributed by atoms with Crippen LogP contribution in [0.5, 0.6) is 5.19 Å². The van der Waals surface area contributed by atoms with Crippen molar-refractivity contribution in [3.63, 3.8) is 0 Å². The minimum Gasteiger partial charge on any atom is -0.464 e. The molecule has 1 aliphatic heterocycles. The highest BCUT2D eigenvalue weighted by Gasteiger charge is 2.36. The highest BCUT2D eigenvalue weighted by molar-refractivity contribution is 7.13.